The van der Waals surface area contributed by atoms with Gasteiger partial charge in [0.05, 0.1) is 11.3 Å². The minimum atomic E-state index is -2.04. The molecule has 2 aromatic heterocycles. The van der Waals surface area contributed by atoms with E-state index in [1.165, 1.54) is 12.1 Å². The summed E-state index contributed by atoms with van der Waals surface area (Å²) in [6, 6.07) is 8.40. The molecule has 0 aliphatic carbocycles. The SMILES string of the molecule is O=C(Nc1ccc(-c2cn3cccnc3n2)cc1)c1cc(F)c(F)c(F)c1F. The molecular formula is C19H10F4N4O. The van der Waals surface area contributed by atoms with Gasteiger partial charge in [0.2, 0.25) is 5.78 Å². The van der Waals surface area contributed by atoms with Gasteiger partial charge in [-0.1, -0.05) is 12.1 Å². The van der Waals surface area contributed by atoms with Crippen LogP contribution in [0.15, 0.2) is 55.0 Å². The quantitative estimate of drug-likeness (QED) is 0.326. The fraction of sp³-hybridized carbons (Fsp3) is 0. The van der Waals surface area contributed by atoms with Crippen molar-refractivity contribution in [1.82, 2.24) is 14.4 Å². The van der Waals surface area contributed by atoms with Gasteiger partial charge in [-0.3, -0.25) is 9.20 Å². The molecule has 0 unspecified atom stereocenters. The lowest BCUT2D eigenvalue weighted by Gasteiger charge is -2.08. The van der Waals surface area contributed by atoms with E-state index in [0.29, 0.717) is 17.5 Å². The third-order valence-electron chi connectivity index (χ3n) is 4.02. The van der Waals surface area contributed by atoms with Crippen molar-refractivity contribution in [3.05, 3.63) is 83.8 Å². The van der Waals surface area contributed by atoms with Gasteiger partial charge in [0.1, 0.15) is 0 Å². The smallest absolute Gasteiger partial charge is 0.258 e. The van der Waals surface area contributed by atoms with Crippen LogP contribution in [0.25, 0.3) is 17.0 Å². The number of imidazole rings is 1. The molecule has 1 N–H and O–H groups in total. The molecule has 0 spiro atoms. The first-order valence-electron chi connectivity index (χ1n) is 7.98. The van der Waals surface area contributed by atoms with Crippen LogP contribution >= 0.6 is 0 Å². The van der Waals surface area contributed by atoms with Gasteiger partial charge >= 0.3 is 0 Å². The van der Waals surface area contributed by atoms with Crippen LogP contribution in [0.5, 0.6) is 0 Å². The molecule has 0 saturated carbocycles. The molecule has 0 saturated heterocycles. The first kappa shape index (κ1) is 17.7. The summed E-state index contributed by atoms with van der Waals surface area (Å²) < 4.78 is 55.0. The Balaban J connectivity index is 1.57. The van der Waals surface area contributed by atoms with Gasteiger partial charge in [0, 0.05) is 29.8 Å². The Morgan fingerprint density at radius 2 is 1.75 bits per heavy atom. The molecule has 4 rings (SSSR count). The van der Waals surface area contributed by atoms with E-state index in [1.807, 2.05) is 0 Å². The number of amides is 1. The van der Waals surface area contributed by atoms with Crippen LogP contribution < -0.4 is 5.32 Å². The lowest BCUT2D eigenvalue weighted by molar-refractivity contribution is 0.102. The zero-order valence-corrected chi connectivity index (χ0v) is 14.0. The van der Waals surface area contributed by atoms with E-state index in [1.54, 1.807) is 41.2 Å². The summed E-state index contributed by atoms with van der Waals surface area (Å²) in [5.41, 5.74) is 0.686. The van der Waals surface area contributed by atoms with Crippen LogP contribution in [0, 0.1) is 23.3 Å². The standard InChI is InChI=1S/C19H10F4N4O/c20-13-8-12(15(21)17(23)16(13)22)18(28)25-11-4-2-10(3-5-11)14-9-27-7-1-6-24-19(27)26-14/h1-9H,(H,25,28). The fourth-order valence-corrected chi connectivity index (χ4v) is 2.63. The molecule has 4 aromatic rings. The number of carbonyl (C=O) groups excluding carboxylic acids is 1. The number of aromatic nitrogens is 3. The number of fused-ring (bicyclic) bond motifs is 1. The van der Waals surface area contributed by atoms with E-state index in [-0.39, 0.29) is 5.69 Å². The lowest BCUT2D eigenvalue weighted by atomic mass is 10.1. The van der Waals surface area contributed by atoms with Crippen molar-refractivity contribution in [3.63, 3.8) is 0 Å². The maximum Gasteiger partial charge on any atom is 0.258 e. The van der Waals surface area contributed by atoms with Gasteiger partial charge in [0.15, 0.2) is 23.3 Å². The van der Waals surface area contributed by atoms with E-state index in [0.717, 1.165) is 5.56 Å². The average Bonchev–Trinajstić information content (AvgIpc) is 3.14. The number of halogens is 4. The summed E-state index contributed by atoms with van der Waals surface area (Å²) in [6.45, 7) is 0. The third-order valence-corrected chi connectivity index (χ3v) is 4.02. The summed E-state index contributed by atoms with van der Waals surface area (Å²) in [7, 11) is 0. The molecule has 0 atom stereocenters. The zero-order chi connectivity index (χ0) is 19.8. The maximum absolute atomic E-state index is 13.7. The molecule has 9 heteroatoms. The van der Waals surface area contributed by atoms with E-state index >= 15 is 0 Å². The van der Waals surface area contributed by atoms with Crippen LogP contribution in [0.3, 0.4) is 0 Å². The monoisotopic (exact) mass is 386 g/mol. The summed E-state index contributed by atoms with van der Waals surface area (Å²) in [4.78, 5) is 20.6. The summed E-state index contributed by atoms with van der Waals surface area (Å²) in [5, 5.41) is 2.31. The Morgan fingerprint density at radius 1 is 1.00 bits per heavy atom. The van der Waals surface area contributed by atoms with Crippen molar-refractivity contribution in [2.24, 2.45) is 0 Å². The second kappa shape index (κ2) is 6.76. The van der Waals surface area contributed by atoms with Crippen molar-refractivity contribution in [1.29, 1.82) is 0 Å². The number of anilines is 1. The van der Waals surface area contributed by atoms with Gasteiger partial charge in [0.25, 0.3) is 5.91 Å². The number of carbonyl (C=O) groups is 1. The highest BCUT2D eigenvalue weighted by atomic mass is 19.2. The Morgan fingerprint density at radius 3 is 2.46 bits per heavy atom. The molecule has 0 aliphatic heterocycles. The molecule has 140 valence electrons. The number of nitrogens with zero attached hydrogens (tertiary/aromatic N) is 3. The second-order valence-corrected chi connectivity index (χ2v) is 5.83. The van der Waals surface area contributed by atoms with Crippen LogP contribution in [-0.2, 0) is 0 Å². The molecule has 0 bridgehead atoms. The van der Waals surface area contributed by atoms with Crippen LogP contribution in [0.2, 0.25) is 0 Å². The molecule has 2 aromatic carbocycles. The molecule has 28 heavy (non-hydrogen) atoms. The fourth-order valence-electron chi connectivity index (χ4n) is 2.63. The Bertz CT molecular complexity index is 1170. The normalized spacial score (nSPS) is 11.0. The van der Waals surface area contributed by atoms with Crippen LogP contribution in [0.1, 0.15) is 10.4 Å². The first-order valence-corrected chi connectivity index (χ1v) is 7.98. The van der Waals surface area contributed by atoms with E-state index in [9.17, 15) is 22.4 Å². The molecule has 1 amide bonds. The van der Waals surface area contributed by atoms with Crippen molar-refractivity contribution in [2.45, 2.75) is 0 Å². The molecule has 0 radical (unpaired) electrons. The van der Waals surface area contributed by atoms with Gasteiger partial charge < -0.3 is 5.32 Å². The lowest BCUT2D eigenvalue weighted by Crippen LogP contribution is -2.16. The number of nitrogens with one attached hydrogen (secondary N) is 1. The minimum Gasteiger partial charge on any atom is -0.322 e. The second-order valence-electron chi connectivity index (χ2n) is 5.83. The predicted octanol–water partition coefficient (Wildman–Crippen LogP) is 4.21. The Labute approximate surface area is 155 Å². The summed E-state index contributed by atoms with van der Waals surface area (Å²) in [6.07, 6.45) is 5.18. The van der Waals surface area contributed by atoms with E-state index in [2.05, 4.69) is 15.3 Å². The van der Waals surface area contributed by atoms with Gasteiger partial charge in [-0.2, -0.15) is 0 Å². The molecule has 0 fully saturated rings. The van der Waals surface area contributed by atoms with Crippen molar-refractivity contribution in [2.75, 3.05) is 5.32 Å². The third kappa shape index (κ3) is 3.07. The molecule has 5 nitrogen and oxygen atoms in total. The van der Waals surface area contributed by atoms with Gasteiger partial charge in [-0.05, 0) is 24.3 Å². The van der Waals surface area contributed by atoms with Crippen molar-refractivity contribution < 1.29 is 22.4 Å². The maximum atomic E-state index is 13.7. The largest absolute Gasteiger partial charge is 0.322 e. The molecule has 0 aliphatic rings. The Hall–Kier alpha value is -3.75. The highest BCUT2D eigenvalue weighted by Crippen LogP contribution is 2.23. The molecule has 2 heterocycles. The summed E-state index contributed by atoms with van der Waals surface area (Å²) in [5.74, 6) is -8.02. The number of hydrogen-bond donors (Lipinski definition) is 1. The highest BCUT2D eigenvalue weighted by molar-refractivity contribution is 6.04. The minimum absolute atomic E-state index is 0.250. The zero-order valence-electron chi connectivity index (χ0n) is 14.0. The van der Waals surface area contributed by atoms with Crippen molar-refractivity contribution >= 4 is 17.4 Å². The highest BCUT2D eigenvalue weighted by Gasteiger charge is 2.23. The van der Waals surface area contributed by atoms with Crippen LogP contribution in [-0.4, -0.2) is 20.3 Å². The average molecular weight is 386 g/mol. The number of benzene rings is 2. The first-order chi connectivity index (χ1) is 13.4. The van der Waals surface area contributed by atoms with Gasteiger partial charge in [-0.25, -0.2) is 27.5 Å². The van der Waals surface area contributed by atoms with E-state index < -0.39 is 34.7 Å². The predicted molar refractivity (Wildman–Crippen MR) is 92.7 cm³/mol. The van der Waals surface area contributed by atoms with E-state index in [4.69, 9.17) is 0 Å². The number of hydrogen-bond acceptors (Lipinski definition) is 3. The summed E-state index contributed by atoms with van der Waals surface area (Å²) >= 11 is 0. The number of rotatable bonds is 3. The van der Waals surface area contributed by atoms with Crippen LogP contribution in [0.4, 0.5) is 23.2 Å². The topological polar surface area (TPSA) is 59.3 Å². The van der Waals surface area contributed by atoms with Gasteiger partial charge in [-0.15, -0.1) is 0 Å². The molecular weight excluding hydrogens is 376 g/mol. The Kier molecular flexibility index (Phi) is 4.26. The van der Waals surface area contributed by atoms with Crippen molar-refractivity contribution in [3.8, 4) is 11.3 Å².